The van der Waals surface area contributed by atoms with Gasteiger partial charge in [-0.25, -0.2) is 0 Å². The molecule has 14 heteroatoms. The van der Waals surface area contributed by atoms with Gasteiger partial charge >= 0.3 is 35.8 Å². The third-order valence-electron chi connectivity index (χ3n) is 2.78. The van der Waals surface area contributed by atoms with Crippen molar-refractivity contribution in [2.45, 2.75) is 55.6 Å². The van der Waals surface area contributed by atoms with Gasteiger partial charge in [0.25, 0.3) is 0 Å². The van der Waals surface area contributed by atoms with Crippen LogP contribution in [0.15, 0.2) is 9.66 Å². The van der Waals surface area contributed by atoms with E-state index >= 15 is 0 Å². The van der Waals surface area contributed by atoms with Crippen LogP contribution in [-0.2, 0) is 0 Å². The summed E-state index contributed by atoms with van der Waals surface area (Å²) in [5.41, 5.74) is 0. The van der Waals surface area contributed by atoms with Gasteiger partial charge in [-0.15, -0.1) is 0 Å². The van der Waals surface area contributed by atoms with Crippen molar-refractivity contribution >= 4 is 22.6 Å². The molecule has 0 saturated heterocycles. The van der Waals surface area contributed by atoms with Crippen LogP contribution in [0.25, 0.3) is 0 Å². The molecule has 0 N–H and O–H groups in total. The van der Waals surface area contributed by atoms with Crippen LogP contribution in [0, 0.1) is 0 Å². The number of rotatable bonds is 7. The van der Waals surface area contributed by atoms with Crippen molar-refractivity contribution in [2.75, 3.05) is 0 Å². The summed E-state index contributed by atoms with van der Waals surface area (Å²) in [6, 6.07) is 0. The molecule has 0 fully saturated rings. The van der Waals surface area contributed by atoms with Gasteiger partial charge in [0.2, 0.25) is 0 Å². The first-order chi connectivity index (χ1) is 10.7. The second-order valence-electron chi connectivity index (χ2n) is 4.76. The molecular weight excluding hydrogens is 506 g/mol. The number of halogens is 14. The Labute approximate surface area is 145 Å². The van der Waals surface area contributed by atoms with Crippen molar-refractivity contribution in [3.8, 4) is 0 Å². The molecule has 0 spiro atoms. The molecule has 0 radical (unpaired) electrons. The maximum atomic E-state index is 13.3. The van der Waals surface area contributed by atoms with Gasteiger partial charge in [-0.3, -0.25) is 0 Å². The number of hydrogen-bond donors (Lipinski definition) is 0. The maximum Gasteiger partial charge on any atom is 0.460 e. The Bertz CT molecular complexity index is 503. The molecule has 150 valence electrons. The lowest BCUT2D eigenvalue weighted by Gasteiger charge is -2.39. The van der Waals surface area contributed by atoms with Gasteiger partial charge in [-0.05, 0) is 32.6 Å². The van der Waals surface area contributed by atoms with Gasteiger partial charge in [0.15, 0.2) is 0 Å². The Kier molecular flexibility index (Phi) is 6.82. The van der Waals surface area contributed by atoms with Crippen molar-refractivity contribution in [1.29, 1.82) is 0 Å². The second-order valence-corrected chi connectivity index (χ2v) is 6.15. The van der Waals surface area contributed by atoms with Crippen LogP contribution in [-0.4, -0.2) is 35.8 Å². The van der Waals surface area contributed by atoms with E-state index in [2.05, 4.69) is 0 Å². The van der Waals surface area contributed by atoms with Crippen LogP contribution < -0.4 is 0 Å². The predicted molar refractivity (Wildman–Crippen MR) is 67.8 cm³/mol. The standard InChI is InChI=1S/C11H8F13I/c1-2-3-5(25)4-6(12,13)7(14,15)8(16,17)9(18,19)10(20,21)11(22,23)24/h4H,2-3H2,1H3. The third kappa shape index (κ3) is 3.96. The molecule has 0 aromatic heterocycles. The number of allylic oxidation sites excluding steroid dienone is 2. The van der Waals surface area contributed by atoms with E-state index in [-0.39, 0.29) is 12.8 Å². The van der Waals surface area contributed by atoms with Gasteiger partial charge in [-0.1, -0.05) is 13.3 Å². The topological polar surface area (TPSA) is 0 Å². The van der Waals surface area contributed by atoms with E-state index in [9.17, 15) is 57.1 Å². The van der Waals surface area contributed by atoms with Gasteiger partial charge in [0, 0.05) is 6.08 Å². The number of hydrogen-bond acceptors (Lipinski definition) is 0. The summed E-state index contributed by atoms with van der Waals surface area (Å²) >= 11 is 0.972. The number of alkyl halides is 13. The van der Waals surface area contributed by atoms with Crippen LogP contribution in [0.5, 0.6) is 0 Å². The molecule has 0 amide bonds. The minimum Gasteiger partial charge on any atom is -0.195 e. The van der Waals surface area contributed by atoms with Gasteiger partial charge in [0.05, 0.1) is 0 Å². The van der Waals surface area contributed by atoms with E-state index in [4.69, 9.17) is 0 Å². The van der Waals surface area contributed by atoms with Crippen LogP contribution in [0.4, 0.5) is 57.1 Å². The molecule has 0 atom stereocenters. The Morgan fingerprint density at radius 2 is 1.04 bits per heavy atom. The van der Waals surface area contributed by atoms with Gasteiger partial charge in [0.1, 0.15) is 0 Å². The van der Waals surface area contributed by atoms with Gasteiger partial charge in [-0.2, -0.15) is 57.1 Å². The van der Waals surface area contributed by atoms with Crippen molar-refractivity contribution in [1.82, 2.24) is 0 Å². The van der Waals surface area contributed by atoms with E-state index in [1.54, 1.807) is 0 Å². The van der Waals surface area contributed by atoms with E-state index in [0.717, 1.165) is 22.6 Å². The maximum absolute atomic E-state index is 13.3. The summed E-state index contributed by atoms with van der Waals surface area (Å²) in [5.74, 6) is -36.7. The summed E-state index contributed by atoms with van der Waals surface area (Å²) in [6.07, 6.45) is -8.62. The van der Waals surface area contributed by atoms with Crippen molar-refractivity contribution in [2.24, 2.45) is 0 Å². The van der Waals surface area contributed by atoms with Crippen LogP contribution in [0.3, 0.4) is 0 Å². The molecular formula is C11H8F13I. The minimum absolute atomic E-state index is 0.0368. The van der Waals surface area contributed by atoms with Gasteiger partial charge < -0.3 is 0 Å². The first-order valence-electron chi connectivity index (χ1n) is 6.03. The highest BCUT2D eigenvalue weighted by atomic mass is 127. The Balaban J connectivity index is 6.25. The zero-order valence-corrected chi connectivity index (χ0v) is 13.9. The second kappa shape index (κ2) is 6.94. The Morgan fingerprint density at radius 1 is 0.680 bits per heavy atom. The van der Waals surface area contributed by atoms with E-state index in [1.165, 1.54) is 6.92 Å². The largest absolute Gasteiger partial charge is 0.460 e. The molecule has 0 unspecified atom stereocenters. The predicted octanol–water partition coefficient (Wildman–Crippen LogP) is 6.84. The highest BCUT2D eigenvalue weighted by Crippen LogP contribution is 2.60. The molecule has 0 aliphatic carbocycles. The van der Waals surface area contributed by atoms with E-state index in [0.29, 0.717) is 0 Å². The Hall–Kier alpha value is -0.440. The third-order valence-corrected chi connectivity index (χ3v) is 3.64. The molecule has 0 aromatic rings. The quantitative estimate of drug-likeness (QED) is 0.258. The summed E-state index contributed by atoms with van der Waals surface area (Å²) in [4.78, 5) is 0. The summed E-state index contributed by atoms with van der Waals surface area (Å²) in [6.45, 7) is 1.34. The molecule has 0 rings (SSSR count). The molecule has 0 aliphatic rings. The smallest absolute Gasteiger partial charge is 0.195 e. The van der Waals surface area contributed by atoms with Crippen LogP contribution in [0.1, 0.15) is 19.8 Å². The fraction of sp³-hybridized carbons (Fsp3) is 0.818. The normalized spacial score (nSPS) is 16.4. The van der Waals surface area contributed by atoms with E-state index in [1.807, 2.05) is 0 Å². The van der Waals surface area contributed by atoms with Crippen LogP contribution >= 0.6 is 22.6 Å². The average molecular weight is 514 g/mol. The fourth-order valence-corrected chi connectivity index (χ4v) is 2.31. The summed E-state index contributed by atoms with van der Waals surface area (Å²) < 4.78 is 165. The molecule has 25 heavy (non-hydrogen) atoms. The lowest BCUT2D eigenvalue weighted by Crippen LogP contribution is -2.69. The monoisotopic (exact) mass is 514 g/mol. The van der Waals surface area contributed by atoms with Crippen molar-refractivity contribution in [3.63, 3.8) is 0 Å². The fourth-order valence-electron chi connectivity index (χ4n) is 1.38. The highest BCUT2D eigenvalue weighted by Gasteiger charge is 2.90. The minimum atomic E-state index is -7.85. The highest BCUT2D eigenvalue weighted by molar-refractivity contribution is 14.1. The SMILES string of the molecule is CCCC(I)=CC(F)(F)C(F)(F)C(F)(F)C(F)(F)C(F)(F)C(F)(F)F. The summed E-state index contributed by atoms with van der Waals surface area (Å²) in [5, 5.41) is 0. The molecule has 0 bridgehead atoms. The molecule has 0 aliphatic heterocycles. The molecule has 0 saturated carbocycles. The molecule has 0 nitrogen and oxygen atoms in total. The molecule has 0 aromatic carbocycles. The van der Waals surface area contributed by atoms with Crippen molar-refractivity contribution < 1.29 is 57.1 Å². The lowest BCUT2D eigenvalue weighted by molar-refractivity contribution is -0.436. The lowest BCUT2D eigenvalue weighted by atomic mass is 9.93. The zero-order valence-electron chi connectivity index (χ0n) is 11.8. The Morgan fingerprint density at radius 3 is 1.36 bits per heavy atom. The van der Waals surface area contributed by atoms with E-state index < -0.39 is 45.4 Å². The molecule has 0 heterocycles. The summed E-state index contributed by atoms with van der Waals surface area (Å²) in [7, 11) is 0. The average Bonchev–Trinajstić information content (AvgIpc) is 2.35. The first-order valence-corrected chi connectivity index (χ1v) is 7.11. The van der Waals surface area contributed by atoms with Crippen LogP contribution in [0.2, 0.25) is 0 Å². The van der Waals surface area contributed by atoms with Crippen molar-refractivity contribution in [3.05, 3.63) is 9.66 Å². The zero-order chi connectivity index (χ0) is 20.7. The first kappa shape index (κ1) is 24.6.